The van der Waals surface area contributed by atoms with Crippen LogP contribution in [0.5, 0.6) is 0 Å². The number of ether oxygens (including phenoxy) is 1. The highest BCUT2D eigenvalue weighted by molar-refractivity contribution is 9.10. The second-order valence-electron chi connectivity index (χ2n) is 4.26. The first-order valence-corrected chi connectivity index (χ1v) is 6.49. The minimum absolute atomic E-state index is 0.228. The van der Waals surface area contributed by atoms with Gasteiger partial charge in [-0.25, -0.2) is 9.97 Å². The number of anilines is 2. The molecule has 0 spiro atoms. The third kappa shape index (κ3) is 2.52. The van der Waals surface area contributed by atoms with E-state index in [0.717, 1.165) is 29.3 Å². The summed E-state index contributed by atoms with van der Waals surface area (Å²) in [5.74, 6) is 1.73. The van der Waals surface area contributed by atoms with Crippen molar-refractivity contribution in [1.29, 1.82) is 0 Å². The van der Waals surface area contributed by atoms with Crippen molar-refractivity contribution in [2.45, 2.75) is 26.0 Å². The number of nitrogens with one attached hydrogen (secondary N) is 1. The predicted molar refractivity (Wildman–Crippen MR) is 71.5 cm³/mol. The number of morpholine rings is 1. The van der Waals surface area contributed by atoms with Gasteiger partial charge in [0.2, 0.25) is 0 Å². The SMILES string of the molecule is CNc1ncnc(N2CC(C)OCC2C)c1Br. The maximum absolute atomic E-state index is 5.62. The molecular weight excluding hydrogens is 284 g/mol. The molecule has 94 valence electrons. The van der Waals surface area contributed by atoms with E-state index in [4.69, 9.17) is 4.74 Å². The van der Waals surface area contributed by atoms with Crippen molar-refractivity contribution in [2.75, 3.05) is 30.4 Å². The van der Waals surface area contributed by atoms with E-state index in [1.165, 1.54) is 0 Å². The summed E-state index contributed by atoms with van der Waals surface area (Å²) in [6, 6.07) is 0.321. The first-order chi connectivity index (χ1) is 8.13. The van der Waals surface area contributed by atoms with E-state index in [1.807, 2.05) is 7.05 Å². The van der Waals surface area contributed by atoms with Gasteiger partial charge in [-0.2, -0.15) is 0 Å². The molecule has 2 heterocycles. The topological polar surface area (TPSA) is 50.3 Å². The zero-order valence-corrected chi connectivity index (χ0v) is 11.9. The zero-order valence-electron chi connectivity index (χ0n) is 10.3. The van der Waals surface area contributed by atoms with Crippen LogP contribution in [-0.4, -0.2) is 42.3 Å². The third-order valence-corrected chi connectivity index (χ3v) is 3.62. The van der Waals surface area contributed by atoms with Crippen molar-refractivity contribution in [2.24, 2.45) is 0 Å². The number of aromatic nitrogens is 2. The molecule has 1 saturated heterocycles. The van der Waals surface area contributed by atoms with Gasteiger partial charge in [-0.3, -0.25) is 0 Å². The lowest BCUT2D eigenvalue weighted by Crippen LogP contribution is -2.48. The Labute approximate surface area is 110 Å². The summed E-state index contributed by atoms with van der Waals surface area (Å²) in [6.45, 7) is 5.79. The highest BCUT2D eigenvalue weighted by atomic mass is 79.9. The molecule has 6 heteroatoms. The second-order valence-corrected chi connectivity index (χ2v) is 5.05. The molecule has 1 fully saturated rings. The van der Waals surface area contributed by atoms with Crippen LogP contribution in [0, 0.1) is 0 Å². The lowest BCUT2D eigenvalue weighted by Gasteiger charge is -2.38. The average molecular weight is 301 g/mol. The zero-order chi connectivity index (χ0) is 12.4. The Bertz CT molecular complexity index is 401. The monoisotopic (exact) mass is 300 g/mol. The molecule has 0 aromatic carbocycles. The van der Waals surface area contributed by atoms with E-state index in [2.05, 4.69) is 50.0 Å². The van der Waals surface area contributed by atoms with E-state index in [0.29, 0.717) is 6.04 Å². The maximum Gasteiger partial charge on any atom is 0.148 e. The molecular formula is C11H17BrN4O. The van der Waals surface area contributed by atoms with Crippen LogP contribution in [0.3, 0.4) is 0 Å². The number of rotatable bonds is 2. The molecule has 1 aromatic heterocycles. The molecule has 0 bridgehead atoms. The lowest BCUT2D eigenvalue weighted by atomic mass is 10.2. The standard InChI is InChI=1S/C11H17BrN4O/c1-7-5-17-8(2)4-16(7)11-9(12)10(13-3)14-6-15-11/h6-8H,4-5H2,1-3H3,(H,13,14,15). The molecule has 0 radical (unpaired) electrons. The minimum atomic E-state index is 0.228. The number of halogens is 1. The van der Waals surface area contributed by atoms with Gasteiger partial charge < -0.3 is 15.0 Å². The second kappa shape index (κ2) is 5.18. The lowest BCUT2D eigenvalue weighted by molar-refractivity contribution is 0.0340. The van der Waals surface area contributed by atoms with E-state index in [-0.39, 0.29) is 6.10 Å². The van der Waals surface area contributed by atoms with Crippen LogP contribution in [0.25, 0.3) is 0 Å². The number of hydrogen-bond donors (Lipinski definition) is 1. The smallest absolute Gasteiger partial charge is 0.148 e. The van der Waals surface area contributed by atoms with Crippen molar-refractivity contribution in [3.8, 4) is 0 Å². The summed E-state index contributed by atoms with van der Waals surface area (Å²) >= 11 is 3.55. The van der Waals surface area contributed by atoms with Gasteiger partial charge in [-0.15, -0.1) is 0 Å². The Hall–Kier alpha value is -0.880. The Balaban J connectivity index is 2.32. The molecule has 0 aliphatic carbocycles. The van der Waals surface area contributed by atoms with Crippen molar-refractivity contribution in [3.63, 3.8) is 0 Å². The molecule has 2 rings (SSSR count). The summed E-state index contributed by atoms with van der Waals surface area (Å²) in [7, 11) is 1.85. The Morgan fingerprint density at radius 1 is 1.47 bits per heavy atom. The van der Waals surface area contributed by atoms with Crippen LogP contribution in [0.1, 0.15) is 13.8 Å². The van der Waals surface area contributed by atoms with Crippen LogP contribution in [-0.2, 0) is 4.74 Å². The number of hydrogen-bond acceptors (Lipinski definition) is 5. The molecule has 0 amide bonds. The Kier molecular flexibility index (Phi) is 3.83. The fourth-order valence-electron chi connectivity index (χ4n) is 1.93. The van der Waals surface area contributed by atoms with E-state index >= 15 is 0 Å². The van der Waals surface area contributed by atoms with E-state index < -0.39 is 0 Å². The first kappa shape index (κ1) is 12.6. The molecule has 5 nitrogen and oxygen atoms in total. The highest BCUT2D eigenvalue weighted by Crippen LogP contribution is 2.31. The molecule has 1 N–H and O–H groups in total. The van der Waals surface area contributed by atoms with Crippen molar-refractivity contribution in [1.82, 2.24) is 9.97 Å². The summed E-state index contributed by atoms with van der Waals surface area (Å²) < 4.78 is 6.53. The van der Waals surface area contributed by atoms with Gasteiger partial charge in [0.05, 0.1) is 18.8 Å². The predicted octanol–water partition coefficient (Wildman–Crippen LogP) is 1.89. The summed E-state index contributed by atoms with van der Waals surface area (Å²) in [4.78, 5) is 10.8. The minimum Gasteiger partial charge on any atom is -0.375 e. The Morgan fingerprint density at radius 2 is 2.24 bits per heavy atom. The van der Waals surface area contributed by atoms with Gasteiger partial charge in [0.1, 0.15) is 22.4 Å². The molecule has 17 heavy (non-hydrogen) atoms. The van der Waals surface area contributed by atoms with Gasteiger partial charge in [0.25, 0.3) is 0 Å². The van der Waals surface area contributed by atoms with Crippen molar-refractivity contribution < 1.29 is 4.74 Å². The van der Waals surface area contributed by atoms with Gasteiger partial charge in [0.15, 0.2) is 0 Å². The van der Waals surface area contributed by atoms with Crippen LogP contribution < -0.4 is 10.2 Å². The van der Waals surface area contributed by atoms with Crippen LogP contribution in [0.15, 0.2) is 10.8 Å². The van der Waals surface area contributed by atoms with Crippen LogP contribution >= 0.6 is 15.9 Å². The summed E-state index contributed by atoms with van der Waals surface area (Å²) in [5, 5.41) is 3.04. The quantitative estimate of drug-likeness (QED) is 0.904. The van der Waals surface area contributed by atoms with E-state index in [1.54, 1.807) is 6.33 Å². The molecule has 1 aliphatic rings. The summed E-state index contributed by atoms with van der Waals surface area (Å²) in [6.07, 6.45) is 1.81. The third-order valence-electron chi connectivity index (χ3n) is 2.89. The van der Waals surface area contributed by atoms with Crippen LogP contribution in [0.2, 0.25) is 0 Å². The van der Waals surface area contributed by atoms with Gasteiger partial charge in [0, 0.05) is 13.6 Å². The number of nitrogens with zero attached hydrogens (tertiary/aromatic N) is 3. The van der Waals surface area contributed by atoms with E-state index in [9.17, 15) is 0 Å². The van der Waals surface area contributed by atoms with Gasteiger partial charge in [-0.05, 0) is 29.8 Å². The average Bonchev–Trinajstić information content (AvgIpc) is 2.33. The van der Waals surface area contributed by atoms with Gasteiger partial charge >= 0.3 is 0 Å². The molecule has 1 aliphatic heterocycles. The normalized spacial score (nSPS) is 24.8. The highest BCUT2D eigenvalue weighted by Gasteiger charge is 2.26. The first-order valence-electron chi connectivity index (χ1n) is 5.70. The molecule has 1 aromatic rings. The van der Waals surface area contributed by atoms with Gasteiger partial charge in [-0.1, -0.05) is 0 Å². The summed E-state index contributed by atoms with van der Waals surface area (Å²) in [5.41, 5.74) is 0. The van der Waals surface area contributed by atoms with Crippen molar-refractivity contribution in [3.05, 3.63) is 10.8 Å². The fraction of sp³-hybridized carbons (Fsp3) is 0.636. The van der Waals surface area contributed by atoms with Crippen LogP contribution in [0.4, 0.5) is 11.6 Å². The molecule has 2 unspecified atom stereocenters. The largest absolute Gasteiger partial charge is 0.375 e. The molecule has 2 atom stereocenters. The maximum atomic E-state index is 5.62. The molecule has 0 saturated carbocycles. The van der Waals surface area contributed by atoms with Crippen molar-refractivity contribution >= 4 is 27.6 Å². The fourth-order valence-corrected chi connectivity index (χ4v) is 2.56. The Morgan fingerprint density at radius 3 is 2.94 bits per heavy atom.